The molecule has 3 heterocycles. The molecule has 1 spiro atoms. The predicted molar refractivity (Wildman–Crippen MR) is 119 cm³/mol. The number of thiophene rings is 1. The quantitative estimate of drug-likeness (QED) is 0.616. The number of fused-ring (bicyclic) bond motifs is 2. The summed E-state index contributed by atoms with van der Waals surface area (Å²) in [6.45, 7) is 6.01. The third kappa shape index (κ3) is 4.81. The second-order valence-electron chi connectivity index (χ2n) is 8.53. The number of carbonyl (C=O) groups is 1. The van der Waals surface area contributed by atoms with Crippen molar-refractivity contribution in [2.24, 2.45) is 0 Å². The van der Waals surface area contributed by atoms with E-state index in [1.54, 1.807) is 11.3 Å². The molecule has 1 aromatic carbocycles. The fraction of sp³-hybridized carbons (Fsp3) is 0.542. The van der Waals surface area contributed by atoms with Gasteiger partial charge in [0.2, 0.25) is 0 Å². The van der Waals surface area contributed by atoms with Gasteiger partial charge in [-0.3, -0.25) is 4.79 Å². The van der Waals surface area contributed by atoms with E-state index in [9.17, 15) is 4.79 Å². The van der Waals surface area contributed by atoms with Crippen LogP contribution in [0.15, 0.2) is 29.6 Å². The van der Waals surface area contributed by atoms with Gasteiger partial charge in [0.25, 0.3) is 0 Å². The molecule has 2 aliphatic rings. The third-order valence-electron chi connectivity index (χ3n) is 6.39. The SMILES string of the molecule is CCCCc1csc(COc2ccc3c(c2)OCC32CCN(CCC(=O)O)CC2)c1. The van der Waals surface area contributed by atoms with Crippen molar-refractivity contribution in [1.82, 2.24) is 4.90 Å². The van der Waals surface area contributed by atoms with Crippen molar-refractivity contribution in [2.45, 2.75) is 57.5 Å². The monoisotopic (exact) mass is 429 g/mol. The molecule has 0 saturated carbocycles. The molecule has 0 amide bonds. The van der Waals surface area contributed by atoms with Crippen LogP contribution in [0, 0.1) is 0 Å². The summed E-state index contributed by atoms with van der Waals surface area (Å²) in [4.78, 5) is 14.3. The minimum atomic E-state index is -0.725. The van der Waals surface area contributed by atoms with Gasteiger partial charge in [0.1, 0.15) is 18.1 Å². The first-order chi connectivity index (χ1) is 14.6. The Morgan fingerprint density at radius 3 is 2.90 bits per heavy atom. The first-order valence-electron chi connectivity index (χ1n) is 11.0. The van der Waals surface area contributed by atoms with Gasteiger partial charge < -0.3 is 19.5 Å². The highest BCUT2D eigenvalue weighted by atomic mass is 32.1. The molecule has 0 atom stereocenters. The number of hydrogen-bond acceptors (Lipinski definition) is 5. The summed E-state index contributed by atoms with van der Waals surface area (Å²) in [5, 5.41) is 11.1. The van der Waals surface area contributed by atoms with Crippen LogP contribution in [0.5, 0.6) is 11.5 Å². The molecule has 2 aliphatic heterocycles. The summed E-state index contributed by atoms with van der Waals surface area (Å²) >= 11 is 1.77. The molecule has 5 nitrogen and oxygen atoms in total. The zero-order valence-corrected chi connectivity index (χ0v) is 18.5. The van der Waals surface area contributed by atoms with Crippen molar-refractivity contribution >= 4 is 17.3 Å². The first kappa shape index (κ1) is 21.2. The number of carboxylic acids is 1. The van der Waals surface area contributed by atoms with Crippen LogP contribution in [0.4, 0.5) is 0 Å². The Hall–Kier alpha value is -2.05. The van der Waals surface area contributed by atoms with Gasteiger partial charge in [0.05, 0.1) is 13.0 Å². The van der Waals surface area contributed by atoms with E-state index in [-0.39, 0.29) is 11.8 Å². The van der Waals surface area contributed by atoms with E-state index in [4.69, 9.17) is 14.6 Å². The van der Waals surface area contributed by atoms with Crippen molar-refractivity contribution < 1.29 is 19.4 Å². The van der Waals surface area contributed by atoms with Gasteiger partial charge in [-0.15, -0.1) is 11.3 Å². The van der Waals surface area contributed by atoms with E-state index in [1.807, 2.05) is 6.07 Å². The molecule has 6 heteroatoms. The third-order valence-corrected chi connectivity index (χ3v) is 7.35. The number of hydrogen-bond donors (Lipinski definition) is 1. The van der Waals surface area contributed by atoms with Gasteiger partial charge in [-0.1, -0.05) is 19.4 Å². The summed E-state index contributed by atoms with van der Waals surface area (Å²) in [6, 6.07) is 8.53. The Morgan fingerprint density at radius 1 is 1.30 bits per heavy atom. The normalized spacial score (nSPS) is 17.6. The standard InChI is InChI=1S/C24H31NO4S/c1-2-3-4-18-13-20(30-16-18)15-28-19-5-6-21-22(14-19)29-17-24(21)8-11-25(12-9-24)10-7-23(26)27/h5-6,13-14,16H,2-4,7-12,15,17H2,1H3,(H,26,27). The van der Waals surface area contributed by atoms with E-state index in [1.165, 1.54) is 28.8 Å². The zero-order valence-electron chi connectivity index (χ0n) is 17.7. The number of aliphatic carboxylic acids is 1. The summed E-state index contributed by atoms with van der Waals surface area (Å²) in [7, 11) is 0. The molecule has 0 unspecified atom stereocenters. The lowest BCUT2D eigenvalue weighted by molar-refractivity contribution is -0.137. The fourth-order valence-electron chi connectivity index (χ4n) is 4.48. The Kier molecular flexibility index (Phi) is 6.64. The Balaban J connectivity index is 1.34. The lowest BCUT2D eigenvalue weighted by Gasteiger charge is -2.38. The highest BCUT2D eigenvalue weighted by Crippen LogP contribution is 2.46. The van der Waals surface area contributed by atoms with Crippen molar-refractivity contribution in [3.8, 4) is 11.5 Å². The van der Waals surface area contributed by atoms with Crippen LogP contribution in [0.25, 0.3) is 0 Å². The van der Waals surface area contributed by atoms with Crippen molar-refractivity contribution in [2.75, 3.05) is 26.2 Å². The van der Waals surface area contributed by atoms with Crippen LogP contribution < -0.4 is 9.47 Å². The van der Waals surface area contributed by atoms with Crippen molar-refractivity contribution in [3.05, 3.63) is 45.6 Å². The van der Waals surface area contributed by atoms with Crippen LogP contribution >= 0.6 is 11.3 Å². The molecule has 1 aromatic heterocycles. The minimum Gasteiger partial charge on any atom is -0.492 e. The van der Waals surface area contributed by atoms with E-state index in [0.29, 0.717) is 19.8 Å². The molecule has 1 saturated heterocycles. The van der Waals surface area contributed by atoms with Gasteiger partial charge >= 0.3 is 5.97 Å². The van der Waals surface area contributed by atoms with Crippen LogP contribution in [0.1, 0.15) is 55.0 Å². The number of carboxylic acid groups (broad SMARTS) is 1. The van der Waals surface area contributed by atoms with Crippen LogP contribution in [-0.2, 0) is 23.2 Å². The molecule has 4 rings (SSSR count). The fourth-order valence-corrected chi connectivity index (χ4v) is 5.32. The molecular weight excluding hydrogens is 398 g/mol. The maximum atomic E-state index is 10.8. The molecule has 1 N–H and O–H groups in total. The molecular formula is C24H31NO4S. The van der Waals surface area contributed by atoms with Gasteiger partial charge in [0, 0.05) is 28.5 Å². The van der Waals surface area contributed by atoms with E-state index < -0.39 is 5.97 Å². The van der Waals surface area contributed by atoms with Gasteiger partial charge in [-0.2, -0.15) is 0 Å². The van der Waals surface area contributed by atoms with Crippen molar-refractivity contribution in [1.29, 1.82) is 0 Å². The molecule has 0 aliphatic carbocycles. The maximum Gasteiger partial charge on any atom is 0.304 e. The van der Waals surface area contributed by atoms with Gasteiger partial charge in [-0.25, -0.2) is 0 Å². The van der Waals surface area contributed by atoms with Crippen LogP contribution in [-0.4, -0.2) is 42.2 Å². The number of unbranched alkanes of at least 4 members (excludes halogenated alkanes) is 1. The van der Waals surface area contributed by atoms with Crippen LogP contribution in [0.2, 0.25) is 0 Å². The minimum absolute atomic E-state index is 0.0650. The second-order valence-corrected chi connectivity index (χ2v) is 9.52. The highest BCUT2D eigenvalue weighted by Gasteiger charge is 2.43. The molecule has 2 aromatic rings. The van der Waals surface area contributed by atoms with E-state index in [0.717, 1.165) is 43.9 Å². The number of likely N-dealkylation sites (tertiary alicyclic amines) is 1. The Morgan fingerprint density at radius 2 is 2.13 bits per heavy atom. The first-order valence-corrected chi connectivity index (χ1v) is 11.9. The topological polar surface area (TPSA) is 59.0 Å². The molecule has 0 radical (unpaired) electrons. The number of benzene rings is 1. The summed E-state index contributed by atoms with van der Waals surface area (Å²) < 4.78 is 12.1. The number of piperidine rings is 1. The average Bonchev–Trinajstić information content (AvgIpc) is 3.35. The van der Waals surface area contributed by atoms with E-state index in [2.05, 4.69) is 35.4 Å². The largest absolute Gasteiger partial charge is 0.492 e. The number of aryl methyl sites for hydroxylation is 1. The molecule has 1 fully saturated rings. The van der Waals surface area contributed by atoms with Gasteiger partial charge in [-0.05, 0) is 61.8 Å². The summed E-state index contributed by atoms with van der Waals surface area (Å²) in [5.41, 5.74) is 2.76. The highest BCUT2D eigenvalue weighted by molar-refractivity contribution is 7.10. The molecule has 162 valence electrons. The molecule has 0 bridgehead atoms. The summed E-state index contributed by atoms with van der Waals surface area (Å²) in [5.74, 6) is 1.08. The lowest BCUT2D eigenvalue weighted by Crippen LogP contribution is -2.44. The maximum absolute atomic E-state index is 10.8. The Labute approximate surface area is 182 Å². The number of rotatable bonds is 9. The van der Waals surface area contributed by atoms with Crippen molar-refractivity contribution in [3.63, 3.8) is 0 Å². The smallest absolute Gasteiger partial charge is 0.304 e. The average molecular weight is 430 g/mol. The number of ether oxygens (including phenoxy) is 2. The zero-order chi connectivity index (χ0) is 21.0. The second kappa shape index (κ2) is 9.40. The predicted octanol–water partition coefficient (Wildman–Crippen LogP) is 4.87. The van der Waals surface area contributed by atoms with E-state index >= 15 is 0 Å². The van der Waals surface area contributed by atoms with Crippen LogP contribution in [0.3, 0.4) is 0 Å². The molecule has 30 heavy (non-hydrogen) atoms. The van der Waals surface area contributed by atoms with Gasteiger partial charge in [0.15, 0.2) is 0 Å². The Bertz CT molecular complexity index is 870. The summed E-state index contributed by atoms with van der Waals surface area (Å²) in [6.07, 6.45) is 5.84. The lowest BCUT2D eigenvalue weighted by atomic mass is 9.74. The number of nitrogens with zero attached hydrogens (tertiary/aromatic N) is 1.